The van der Waals surface area contributed by atoms with E-state index >= 15 is 0 Å². The van der Waals surface area contributed by atoms with Crippen LogP contribution in [0, 0.1) is 0 Å². The van der Waals surface area contributed by atoms with Crippen molar-refractivity contribution in [2.45, 2.75) is 44.7 Å². The minimum atomic E-state index is -3.82. The van der Waals surface area contributed by atoms with E-state index in [1.165, 1.54) is 12.3 Å². The maximum absolute atomic E-state index is 12.2. The zero-order valence-electron chi connectivity index (χ0n) is 12.6. The molecule has 7 nitrogen and oxygen atoms in total. The maximum atomic E-state index is 12.2. The summed E-state index contributed by atoms with van der Waals surface area (Å²) in [7, 11) is -3.82. The van der Waals surface area contributed by atoms with Crippen LogP contribution < -0.4 is 10.5 Å². The molecule has 120 valence electrons. The van der Waals surface area contributed by atoms with Crippen molar-refractivity contribution in [2.24, 2.45) is 5.14 Å². The number of carbonyl (C=O) groups is 1. The number of aromatic nitrogens is 1. The Morgan fingerprint density at radius 3 is 2.67 bits per heavy atom. The molecule has 0 aliphatic carbocycles. The lowest BCUT2D eigenvalue weighted by atomic mass is 10.3. The Kier molecular flexibility index (Phi) is 6.38. The quantitative estimate of drug-likeness (QED) is 0.736. The van der Waals surface area contributed by atoms with E-state index < -0.39 is 10.0 Å². The first-order valence-corrected chi connectivity index (χ1v) is 8.47. The SMILES string of the molecule is CCCn1cc(S(N)(=O)=O)cc1C(=O)NCC(C)OCC. The van der Waals surface area contributed by atoms with E-state index in [2.05, 4.69) is 5.32 Å². The molecule has 1 rings (SSSR count). The van der Waals surface area contributed by atoms with Crippen LogP contribution in [0.2, 0.25) is 0 Å². The van der Waals surface area contributed by atoms with Crippen molar-refractivity contribution in [1.29, 1.82) is 0 Å². The molecule has 0 aromatic carbocycles. The number of aryl methyl sites for hydroxylation is 1. The highest BCUT2D eigenvalue weighted by Crippen LogP contribution is 2.14. The predicted octanol–water partition coefficient (Wildman–Crippen LogP) is 0.700. The highest BCUT2D eigenvalue weighted by atomic mass is 32.2. The molecule has 0 fully saturated rings. The Bertz CT molecular complexity index is 580. The Morgan fingerprint density at radius 2 is 2.14 bits per heavy atom. The molecular formula is C13H23N3O4S. The number of amides is 1. The number of hydrogen-bond donors (Lipinski definition) is 2. The second-order valence-corrected chi connectivity index (χ2v) is 6.34. The molecule has 3 N–H and O–H groups in total. The molecular weight excluding hydrogens is 294 g/mol. The zero-order valence-corrected chi connectivity index (χ0v) is 13.4. The van der Waals surface area contributed by atoms with Crippen molar-refractivity contribution < 1.29 is 17.9 Å². The van der Waals surface area contributed by atoms with E-state index in [0.29, 0.717) is 19.7 Å². The molecule has 1 amide bonds. The number of nitrogens with one attached hydrogen (secondary N) is 1. The molecule has 0 saturated carbocycles. The van der Waals surface area contributed by atoms with Gasteiger partial charge in [-0.25, -0.2) is 13.6 Å². The number of ether oxygens (including phenoxy) is 1. The highest BCUT2D eigenvalue weighted by molar-refractivity contribution is 7.89. The molecule has 0 saturated heterocycles. The summed E-state index contributed by atoms with van der Waals surface area (Å²) in [5, 5.41) is 7.83. The van der Waals surface area contributed by atoms with Gasteiger partial charge in [0, 0.05) is 25.9 Å². The van der Waals surface area contributed by atoms with Gasteiger partial charge in [-0.15, -0.1) is 0 Å². The molecule has 1 aromatic rings. The van der Waals surface area contributed by atoms with Crippen LogP contribution in [-0.4, -0.2) is 38.1 Å². The van der Waals surface area contributed by atoms with Crippen LogP contribution in [0.1, 0.15) is 37.7 Å². The van der Waals surface area contributed by atoms with Crippen LogP contribution in [-0.2, 0) is 21.3 Å². The fourth-order valence-electron chi connectivity index (χ4n) is 1.93. The van der Waals surface area contributed by atoms with Crippen LogP contribution in [0.3, 0.4) is 0 Å². The normalized spacial score (nSPS) is 13.1. The molecule has 0 aliphatic heterocycles. The second kappa shape index (κ2) is 7.58. The Morgan fingerprint density at radius 1 is 1.48 bits per heavy atom. The van der Waals surface area contributed by atoms with E-state index in [4.69, 9.17) is 9.88 Å². The smallest absolute Gasteiger partial charge is 0.268 e. The van der Waals surface area contributed by atoms with Gasteiger partial charge in [0.25, 0.3) is 5.91 Å². The first-order chi connectivity index (χ1) is 9.79. The van der Waals surface area contributed by atoms with Gasteiger partial charge in [-0.1, -0.05) is 6.92 Å². The fraction of sp³-hybridized carbons (Fsp3) is 0.615. The summed E-state index contributed by atoms with van der Waals surface area (Å²) in [4.78, 5) is 12.1. The van der Waals surface area contributed by atoms with Gasteiger partial charge in [-0.3, -0.25) is 4.79 Å². The lowest BCUT2D eigenvalue weighted by molar-refractivity contribution is 0.0691. The minimum Gasteiger partial charge on any atom is -0.377 e. The van der Waals surface area contributed by atoms with Gasteiger partial charge < -0.3 is 14.6 Å². The monoisotopic (exact) mass is 317 g/mol. The summed E-state index contributed by atoms with van der Waals surface area (Å²) in [6.07, 6.45) is 2.06. The third-order valence-electron chi connectivity index (χ3n) is 2.90. The summed E-state index contributed by atoms with van der Waals surface area (Å²) in [5.74, 6) is -0.343. The molecule has 0 radical (unpaired) electrons. The summed E-state index contributed by atoms with van der Waals surface area (Å²) in [6.45, 7) is 7.13. The number of carbonyl (C=O) groups excluding carboxylic acids is 1. The minimum absolute atomic E-state index is 0.0565. The van der Waals surface area contributed by atoms with Crippen molar-refractivity contribution in [1.82, 2.24) is 9.88 Å². The Labute approximate surface area is 125 Å². The number of nitrogens with two attached hydrogens (primary N) is 1. The summed E-state index contributed by atoms with van der Waals surface area (Å²) >= 11 is 0. The molecule has 1 unspecified atom stereocenters. The number of sulfonamides is 1. The van der Waals surface area contributed by atoms with Crippen molar-refractivity contribution in [2.75, 3.05) is 13.2 Å². The Balaban J connectivity index is 2.89. The second-order valence-electron chi connectivity index (χ2n) is 4.78. The molecule has 1 atom stereocenters. The third kappa shape index (κ3) is 5.14. The maximum Gasteiger partial charge on any atom is 0.268 e. The van der Waals surface area contributed by atoms with Gasteiger partial charge in [0.1, 0.15) is 10.6 Å². The molecule has 0 aliphatic rings. The molecule has 1 heterocycles. The van der Waals surface area contributed by atoms with Crippen LogP contribution in [0.5, 0.6) is 0 Å². The highest BCUT2D eigenvalue weighted by Gasteiger charge is 2.19. The first kappa shape index (κ1) is 17.7. The van der Waals surface area contributed by atoms with Gasteiger partial charge in [0.2, 0.25) is 10.0 Å². The van der Waals surface area contributed by atoms with Gasteiger partial charge in [0.05, 0.1) is 6.10 Å². The number of rotatable bonds is 8. The zero-order chi connectivity index (χ0) is 16.0. The van der Waals surface area contributed by atoms with Crippen LogP contribution in [0.15, 0.2) is 17.2 Å². The predicted molar refractivity (Wildman–Crippen MR) is 79.5 cm³/mol. The average Bonchev–Trinajstić information content (AvgIpc) is 2.81. The van der Waals surface area contributed by atoms with E-state index in [0.717, 1.165) is 6.42 Å². The molecule has 21 heavy (non-hydrogen) atoms. The number of hydrogen-bond acceptors (Lipinski definition) is 4. The average molecular weight is 317 g/mol. The lowest BCUT2D eigenvalue weighted by Crippen LogP contribution is -2.33. The molecule has 8 heteroatoms. The molecule has 0 spiro atoms. The topological polar surface area (TPSA) is 103 Å². The van der Waals surface area contributed by atoms with Crippen LogP contribution >= 0.6 is 0 Å². The molecule has 0 bridgehead atoms. The van der Waals surface area contributed by atoms with Crippen LogP contribution in [0.4, 0.5) is 0 Å². The van der Waals surface area contributed by atoms with Crippen molar-refractivity contribution in [3.05, 3.63) is 18.0 Å². The summed E-state index contributed by atoms with van der Waals surface area (Å²) in [6, 6.07) is 1.30. The van der Waals surface area contributed by atoms with Gasteiger partial charge in [0.15, 0.2) is 0 Å². The van der Waals surface area contributed by atoms with Gasteiger partial charge in [-0.05, 0) is 26.3 Å². The largest absolute Gasteiger partial charge is 0.377 e. The standard InChI is InChI=1S/C13H23N3O4S/c1-4-6-16-9-11(21(14,18)19)7-12(16)13(17)15-8-10(3)20-5-2/h7,9-10H,4-6,8H2,1-3H3,(H,15,17)(H2,14,18,19). The first-order valence-electron chi connectivity index (χ1n) is 6.92. The number of primary sulfonamides is 1. The van der Waals surface area contributed by atoms with Crippen molar-refractivity contribution >= 4 is 15.9 Å². The van der Waals surface area contributed by atoms with E-state index in [1.54, 1.807) is 4.57 Å². The van der Waals surface area contributed by atoms with Gasteiger partial charge >= 0.3 is 0 Å². The number of nitrogens with zero attached hydrogens (tertiary/aromatic N) is 1. The fourth-order valence-corrected chi connectivity index (χ4v) is 2.48. The van der Waals surface area contributed by atoms with Crippen molar-refractivity contribution in [3.8, 4) is 0 Å². The van der Waals surface area contributed by atoms with E-state index in [-0.39, 0.29) is 22.6 Å². The lowest BCUT2D eigenvalue weighted by Gasteiger charge is -2.13. The summed E-state index contributed by atoms with van der Waals surface area (Å²) < 4.78 is 29.7. The van der Waals surface area contributed by atoms with Crippen LogP contribution in [0.25, 0.3) is 0 Å². The van der Waals surface area contributed by atoms with E-state index in [9.17, 15) is 13.2 Å². The summed E-state index contributed by atoms with van der Waals surface area (Å²) in [5.41, 5.74) is 0.282. The molecule has 1 aromatic heterocycles. The van der Waals surface area contributed by atoms with Crippen molar-refractivity contribution in [3.63, 3.8) is 0 Å². The van der Waals surface area contributed by atoms with Gasteiger partial charge in [-0.2, -0.15) is 0 Å². The van der Waals surface area contributed by atoms with E-state index in [1.807, 2.05) is 20.8 Å². The third-order valence-corrected chi connectivity index (χ3v) is 3.78. The Hall–Kier alpha value is -1.38.